The Morgan fingerprint density at radius 2 is 1.68 bits per heavy atom. The van der Waals surface area contributed by atoms with Gasteiger partial charge in [-0.15, -0.1) is 0 Å². The van der Waals surface area contributed by atoms with Crippen LogP contribution in [0.25, 0.3) is 0 Å². The van der Waals surface area contributed by atoms with Gasteiger partial charge in [-0.3, -0.25) is 9.59 Å². The fourth-order valence-electron chi connectivity index (χ4n) is 4.04. The van der Waals surface area contributed by atoms with Crippen LogP contribution >= 0.6 is 0 Å². The second kappa shape index (κ2) is 12.3. The van der Waals surface area contributed by atoms with Gasteiger partial charge in [0, 0.05) is 39.8 Å². The monoisotopic (exact) mass is 542 g/mol. The highest BCUT2D eigenvalue weighted by atomic mass is 32.2. The van der Waals surface area contributed by atoms with Gasteiger partial charge in [0.1, 0.15) is 18.1 Å². The van der Waals surface area contributed by atoms with E-state index in [1.165, 1.54) is 29.6 Å². The van der Waals surface area contributed by atoms with Crippen molar-refractivity contribution in [3.8, 4) is 5.75 Å². The molecule has 3 aromatic rings. The summed E-state index contributed by atoms with van der Waals surface area (Å²) in [4.78, 5) is 30.7. The molecule has 0 atom stereocenters. The number of rotatable bonds is 12. The van der Waals surface area contributed by atoms with E-state index in [1.807, 2.05) is 0 Å². The van der Waals surface area contributed by atoms with E-state index in [0.29, 0.717) is 28.3 Å². The molecule has 0 saturated carbocycles. The minimum atomic E-state index is -3.74. The molecule has 0 unspecified atom stereocenters. The molecule has 11 heteroatoms. The Morgan fingerprint density at radius 1 is 1.05 bits per heavy atom. The number of hydrogen-bond donors (Lipinski definition) is 0. The number of carbonyl (C=O) groups is 2. The predicted molar refractivity (Wildman–Crippen MR) is 144 cm³/mol. The van der Waals surface area contributed by atoms with Gasteiger partial charge in [0.05, 0.1) is 31.1 Å². The van der Waals surface area contributed by atoms with Crippen molar-refractivity contribution >= 4 is 27.4 Å². The number of ketones is 1. The van der Waals surface area contributed by atoms with Gasteiger partial charge in [0.2, 0.25) is 10.0 Å². The summed E-state index contributed by atoms with van der Waals surface area (Å²) in [6.07, 6.45) is 3.35. The second-order valence-corrected chi connectivity index (χ2v) is 11.1. The zero-order valence-corrected chi connectivity index (χ0v) is 23.4. The average Bonchev–Trinajstić information content (AvgIpc) is 3.31. The number of imidazole rings is 1. The highest BCUT2D eigenvalue weighted by Crippen LogP contribution is 2.27. The summed E-state index contributed by atoms with van der Waals surface area (Å²) in [5, 5.41) is 0. The number of likely N-dealkylation sites (N-methyl/N-ethyl adjacent to an activating group) is 2. The molecule has 2 aromatic carbocycles. The molecular formula is C27H34N4O6S. The third-order valence-electron chi connectivity index (χ3n) is 6.28. The van der Waals surface area contributed by atoms with Gasteiger partial charge >= 0.3 is 0 Å². The SMILES string of the molecule is COc1cc(C)c(S(=O)(=O)N(C)CCOCC(=O)N(C)c2ccc(CC(=O)c3cncn3C)cc2)c(C)c1. The Balaban J connectivity index is 1.50. The van der Waals surface area contributed by atoms with Crippen LogP contribution in [0.1, 0.15) is 27.2 Å². The topological polar surface area (TPSA) is 111 Å². The maximum Gasteiger partial charge on any atom is 0.252 e. The molecule has 1 amide bonds. The number of hydrogen-bond acceptors (Lipinski definition) is 7. The summed E-state index contributed by atoms with van der Waals surface area (Å²) >= 11 is 0. The van der Waals surface area contributed by atoms with Gasteiger partial charge < -0.3 is 18.9 Å². The van der Waals surface area contributed by atoms with Crippen molar-refractivity contribution in [2.24, 2.45) is 7.05 Å². The smallest absolute Gasteiger partial charge is 0.252 e. The highest BCUT2D eigenvalue weighted by Gasteiger charge is 2.25. The summed E-state index contributed by atoms with van der Waals surface area (Å²) in [5.41, 5.74) is 3.20. The number of amides is 1. The number of anilines is 1. The molecule has 0 radical (unpaired) electrons. The van der Waals surface area contributed by atoms with Crippen molar-refractivity contribution in [1.29, 1.82) is 0 Å². The van der Waals surface area contributed by atoms with Crippen molar-refractivity contribution in [2.75, 3.05) is 45.9 Å². The fourth-order valence-corrected chi connectivity index (χ4v) is 5.60. The first-order chi connectivity index (χ1) is 17.9. The standard InChI is InChI=1S/C27H34N4O6S/c1-19-13-23(36-6)14-20(2)27(19)38(34,35)30(4)11-12-37-17-26(33)31(5)22-9-7-21(8-10-22)15-25(32)24-16-28-18-29(24)3/h7-10,13-14,16,18H,11-12,15,17H2,1-6H3. The van der Waals surface area contributed by atoms with Gasteiger partial charge in [0.25, 0.3) is 5.91 Å². The molecular weight excluding hydrogens is 508 g/mol. The summed E-state index contributed by atoms with van der Waals surface area (Å²) in [7, 11) is 2.68. The van der Waals surface area contributed by atoms with Gasteiger partial charge in [0.15, 0.2) is 5.78 Å². The third kappa shape index (κ3) is 6.66. The van der Waals surface area contributed by atoms with Gasteiger partial charge in [-0.25, -0.2) is 13.4 Å². The van der Waals surface area contributed by atoms with E-state index in [-0.39, 0.29) is 42.8 Å². The van der Waals surface area contributed by atoms with Crippen molar-refractivity contribution < 1.29 is 27.5 Å². The molecule has 0 aliphatic carbocycles. The van der Waals surface area contributed by atoms with Gasteiger partial charge in [-0.1, -0.05) is 12.1 Å². The van der Waals surface area contributed by atoms with Crippen molar-refractivity contribution in [3.63, 3.8) is 0 Å². The first kappa shape index (κ1) is 29.0. The Bertz CT molecular complexity index is 1380. The quantitative estimate of drug-likeness (QED) is 0.256. The van der Waals surface area contributed by atoms with Gasteiger partial charge in [-0.05, 0) is 54.8 Å². The molecule has 204 valence electrons. The summed E-state index contributed by atoms with van der Waals surface area (Å²) in [6.45, 7) is 3.40. The molecule has 0 saturated heterocycles. The molecule has 0 fully saturated rings. The summed E-state index contributed by atoms with van der Waals surface area (Å²) in [5.74, 6) is 0.274. The summed E-state index contributed by atoms with van der Waals surface area (Å²) in [6, 6.07) is 10.5. The number of methoxy groups -OCH3 is 1. The van der Waals surface area contributed by atoms with Crippen LogP contribution < -0.4 is 9.64 Å². The molecule has 38 heavy (non-hydrogen) atoms. The Labute approximate surface area is 223 Å². The number of aryl methyl sites for hydroxylation is 3. The lowest BCUT2D eigenvalue weighted by atomic mass is 10.1. The number of ether oxygens (including phenoxy) is 2. The van der Waals surface area contributed by atoms with Gasteiger partial charge in [-0.2, -0.15) is 4.31 Å². The van der Waals surface area contributed by atoms with Crippen LogP contribution in [0.3, 0.4) is 0 Å². The lowest BCUT2D eigenvalue weighted by Gasteiger charge is -2.21. The summed E-state index contributed by atoms with van der Waals surface area (Å²) < 4.78 is 39.8. The molecule has 10 nitrogen and oxygen atoms in total. The van der Waals surface area contributed by atoms with Crippen molar-refractivity contribution in [3.05, 3.63) is 71.3 Å². The first-order valence-corrected chi connectivity index (χ1v) is 13.4. The van der Waals surface area contributed by atoms with Crippen LogP contribution in [-0.2, 0) is 33.0 Å². The minimum absolute atomic E-state index is 0.0418. The van der Waals surface area contributed by atoms with Crippen LogP contribution in [0.5, 0.6) is 5.75 Å². The largest absolute Gasteiger partial charge is 0.497 e. The van der Waals surface area contributed by atoms with E-state index >= 15 is 0 Å². The molecule has 0 N–H and O–H groups in total. The molecule has 0 spiro atoms. The second-order valence-electron chi connectivity index (χ2n) is 9.08. The van der Waals surface area contributed by atoms with E-state index in [9.17, 15) is 18.0 Å². The van der Waals surface area contributed by atoms with Crippen molar-refractivity contribution in [2.45, 2.75) is 25.2 Å². The highest BCUT2D eigenvalue weighted by molar-refractivity contribution is 7.89. The zero-order chi connectivity index (χ0) is 28.0. The number of Topliss-reactive ketones (excluding diaryl/α,β-unsaturated/α-hetero) is 1. The fraction of sp³-hybridized carbons (Fsp3) is 0.370. The van der Waals surface area contributed by atoms with Crippen LogP contribution in [0.4, 0.5) is 5.69 Å². The van der Waals surface area contributed by atoms with Crippen LogP contribution in [-0.4, -0.2) is 74.9 Å². The number of carbonyl (C=O) groups excluding carboxylic acids is 2. The number of nitrogens with zero attached hydrogens (tertiary/aromatic N) is 4. The normalized spacial score (nSPS) is 11.6. The van der Waals surface area contributed by atoms with E-state index in [0.717, 1.165) is 5.56 Å². The number of aromatic nitrogens is 2. The maximum atomic E-state index is 13.1. The van der Waals surface area contributed by atoms with E-state index in [1.54, 1.807) is 75.2 Å². The lowest BCUT2D eigenvalue weighted by molar-refractivity contribution is -0.122. The van der Waals surface area contributed by atoms with Crippen LogP contribution in [0, 0.1) is 13.8 Å². The predicted octanol–water partition coefficient (Wildman–Crippen LogP) is 2.77. The zero-order valence-electron chi connectivity index (χ0n) is 22.6. The molecule has 0 aliphatic rings. The number of sulfonamides is 1. The lowest BCUT2D eigenvalue weighted by Crippen LogP contribution is -2.34. The van der Waals surface area contributed by atoms with E-state index in [4.69, 9.17) is 9.47 Å². The van der Waals surface area contributed by atoms with E-state index < -0.39 is 10.0 Å². The first-order valence-electron chi connectivity index (χ1n) is 12.0. The molecule has 0 aliphatic heterocycles. The molecule has 1 heterocycles. The Hall–Kier alpha value is -3.54. The minimum Gasteiger partial charge on any atom is -0.497 e. The van der Waals surface area contributed by atoms with E-state index in [2.05, 4.69) is 4.98 Å². The Morgan fingerprint density at radius 3 is 2.24 bits per heavy atom. The van der Waals surface area contributed by atoms with Crippen LogP contribution in [0.15, 0.2) is 53.8 Å². The molecule has 0 bridgehead atoms. The molecule has 3 rings (SSSR count). The maximum absolute atomic E-state index is 13.1. The molecule has 1 aromatic heterocycles. The number of benzene rings is 2. The average molecular weight is 543 g/mol. The van der Waals surface area contributed by atoms with Crippen molar-refractivity contribution in [1.82, 2.24) is 13.9 Å². The van der Waals surface area contributed by atoms with Crippen LogP contribution in [0.2, 0.25) is 0 Å². The Kier molecular flexibility index (Phi) is 9.42. The third-order valence-corrected chi connectivity index (χ3v) is 8.44.